The van der Waals surface area contributed by atoms with Gasteiger partial charge in [-0.05, 0) is 18.3 Å². The smallest absolute Gasteiger partial charge is 0.0442 e. The van der Waals surface area contributed by atoms with E-state index < -0.39 is 5.97 Å². The molecule has 2 heteroatoms. The molecule has 0 N–H and O–H groups in total. The monoisotopic (exact) mass is 227 g/mol. The highest BCUT2D eigenvalue weighted by Gasteiger charge is 2.02. The van der Waals surface area contributed by atoms with Crippen LogP contribution in [0.4, 0.5) is 0 Å². The Bertz CT molecular complexity index is 178. The van der Waals surface area contributed by atoms with Crippen molar-refractivity contribution in [2.75, 3.05) is 0 Å². The number of carbonyl (C=O) groups excluding carboxylic acids is 1. The molecule has 0 radical (unpaired) electrons. The predicted molar refractivity (Wildman–Crippen MR) is 65.9 cm³/mol. The van der Waals surface area contributed by atoms with Crippen LogP contribution in [0.2, 0.25) is 0 Å². The van der Waals surface area contributed by atoms with E-state index in [1.807, 2.05) is 0 Å². The van der Waals surface area contributed by atoms with E-state index in [9.17, 15) is 9.90 Å². The normalized spacial score (nSPS) is 14.7. The van der Waals surface area contributed by atoms with E-state index in [1.54, 1.807) is 6.92 Å². The summed E-state index contributed by atoms with van der Waals surface area (Å²) in [5.41, 5.74) is 0. The molecule has 96 valence electrons. The lowest BCUT2D eigenvalue weighted by Gasteiger charge is -2.11. The Morgan fingerprint density at radius 1 is 1.00 bits per heavy atom. The molecule has 16 heavy (non-hydrogen) atoms. The van der Waals surface area contributed by atoms with Crippen LogP contribution in [0.15, 0.2) is 0 Å². The van der Waals surface area contributed by atoms with Crippen molar-refractivity contribution in [1.29, 1.82) is 0 Å². The van der Waals surface area contributed by atoms with Crippen molar-refractivity contribution in [3.05, 3.63) is 0 Å². The van der Waals surface area contributed by atoms with E-state index in [0.29, 0.717) is 0 Å². The average Bonchev–Trinajstić information content (AvgIpc) is 2.26. The minimum absolute atomic E-state index is 0.278. The second-order valence-corrected chi connectivity index (χ2v) is 5.08. The highest BCUT2D eigenvalue weighted by atomic mass is 16.4. The van der Waals surface area contributed by atoms with Gasteiger partial charge in [0.2, 0.25) is 0 Å². The van der Waals surface area contributed by atoms with Crippen molar-refractivity contribution < 1.29 is 9.90 Å². The molecule has 0 fully saturated rings. The topological polar surface area (TPSA) is 40.1 Å². The third kappa shape index (κ3) is 8.75. The number of carbonyl (C=O) groups is 1. The van der Waals surface area contributed by atoms with Gasteiger partial charge in [0.1, 0.15) is 0 Å². The Labute approximate surface area is 100 Å². The fourth-order valence-electron chi connectivity index (χ4n) is 1.80. The molecule has 0 aliphatic carbocycles. The molecule has 0 aliphatic heterocycles. The molecule has 0 aromatic carbocycles. The van der Waals surface area contributed by atoms with Gasteiger partial charge < -0.3 is 9.90 Å². The first-order valence-corrected chi connectivity index (χ1v) is 6.78. The zero-order valence-corrected chi connectivity index (χ0v) is 11.1. The van der Waals surface area contributed by atoms with E-state index in [4.69, 9.17) is 0 Å². The number of unbranched alkanes of at least 4 members (excludes halogenated alkanes) is 4. The molecule has 0 aliphatic rings. The molecule has 0 rings (SSSR count). The number of carboxylic acid groups (broad SMARTS) is 1. The van der Waals surface area contributed by atoms with Crippen LogP contribution in [0.25, 0.3) is 0 Å². The van der Waals surface area contributed by atoms with Crippen LogP contribution in [0.5, 0.6) is 0 Å². The number of hydrogen-bond acceptors (Lipinski definition) is 2. The van der Waals surface area contributed by atoms with Crippen LogP contribution in [0.3, 0.4) is 0 Å². The van der Waals surface area contributed by atoms with E-state index in [-0.39, 0.29) is 5.92 Å². The first-order chi connectivity index (χ1) is 7.57. The minimum atomic E-state index is -0.906. The predicted octanol–water partition coefficient (Wildman–Crippen LogP) is 3.15. The number of rotatable bonds is 10. The summed E-state index contributed by atoms with van der Waals surface area (Å²) in [4.78, 5) is 10.5. The van der Waals surface area contributed by atoms with Crippen LogP contribution in [0.1, 0.15) is 72.1 Å². The SMILES string of the molecule is CCC(C)CCCCCCCC(C)C(=O)[O-]. The van der Waals surface area contributed by atoms with E-state index in [2.05, 4.69) is 13.8 Å². The molecule has 0 amide bonds. The quantitative estimate of drug-likeness (QED) is 0.538. The summed E-state index contributed by atoms with van der Waals surface area (Å²) < 4.78 is 0. The van der Waals surface area contributed by atoms with Gasteiger partial charge in [0.05, 0.1) is 0 Å². The van der Waals surface area contributed by atoms with E-state index in [0.717, 1.165) is 25.2 Å². The number of carboxylic acids is 1. The molecule has 2 nitrogen and oxygen atoms in total. The summed E-state index contributed by atoms with van der Waals surface area (Å²) in [5, 5.41) is 10.5. The van der Waals surface area contributed by atoms with Gasteiger partial charge in [-0.25, -0.2) is 0 Å². The lowest BCUT2D eigenvalue weighted by atomic mass is 9.98. The summed E-state index contributed by atoms with van der Waals surface area (Å²) >= 11 is 0. The maximum Gasteiger partial charge on any atom is 0.0442 e. The summed E-state index contributed by atoms with van der Waals surface area (Å²) in [6, 6.07) is 0. The number of hydrogen-bond donors (Lipinski definition) is 0. The Balaban J connectivity index is 3.19. The number of aliphatic carboxylic acids is 1. The summed E-state index contributed by atoms with van der Waals surface area (Å²) in [6.45, 7) is 6.28. The van der Waals surface area contributed by atoms with Crippen LogP contribution >= 0.6 is 0 Å². The molecule has 0 saturated carbocycles. The average molecular weight is 227 g/mol. The fourth-order valence-corrected chi connectivity index (χ4v) is 1.80. The maximum absolute atomic E-state index is 10.5. The van der Waals surface area contributed by atoms with Crippen molar-refractivity contribution in [2.24, 2.45) is 11.8 Å². The van der Waals surface area contributed by atoms with E-state index in [1.165, 1.54) is 32.1 Å². The fraction of sp³-hybridized carbons (Fsp3) is 0.929. The third-order valence-electron chi connectivity index (χ3n) is 3.43. The minimum Gasteiger partial charge on any atom is -0.550 e. The lowest BCUT2D eigenvalue weighted by molar-refractivity contribution is -0.311. The Hall–Kier alpha value is -0.530. The highest BCUT2D eigenvalue weighted by molar-refractivity contribution is 5.66. The van der Waals surface area contributed by atoms with Crippen molar-refractivity contribution in [3.8, 4) is 0 Å². The molecular weight excluding hydrogens is 200 g/mol. The van der Waals surface area contributed by atoms with Gasteiger partial charge in [0, 0.05) is 5.97 Å². The largest absolute Gasteiger partial charge is 0.550 e. The van der Waals surface area contributed by atoms with Crippen molar-refractivity contribution in [3.63, 3.8) is 0 Å². The molecule has 0 aromatic heterocycles. The molecule has 2 unspecified atom stereocenters. The first kappa shape index (κ1) is 15.5. The van der Waals surface area contributed by atoms with Gasteiger partial charge >= 0.3 is 0 Å². The van der Waals surface area contributed by atoms with Crippen LogP contribution in [-0.2, 0) is 4.79 Å². The van der Waals surface area contributed by atoms with Crippen molar-refractivity contribution >= 4 is 5.97 Å². The maximum atomic E-state index is 10.5. The Morgan fingerprint density at radius 3 is 2.00 bits per heavy atom. The van der Waals surface area contributed by atoms with Crippen LogP contribution < -0.4 is 5.11 Å². The zero-order valence-electron chi connectivity index (χ0n) is 11.1. The zero-order chi connectivity index (χ0) is 12.4. The highest BCUT2D eigenvalue weighted by Crippen LogP contribution is 2.15. The molecule has 0 saturated heterocycles. The molecule has 0 heterocycles. The van der Waals surface area contributed by atoms with E-state index >= 15 is 0 Å². The summed E-state index contributed by atoms with van der Waals surface area (Å²) in [6.07, 6.45) is 9.45. The summed E-state index contributed by atoms with van der Waals surface area (Å²) in [5.74, 6) is -0.324. The van der Waals surface area contributed by atoms with Crippen molar-refractivity contribution in [2.45, 2.75) is 72.1 Å². The first-order valence-electron chi connectivity index (χ1n) is 6.78. The van der Waals surface area contributed by atoms with Gasteiger partial charge in [0.15, 0.2) is 0 Å². The van der Waals surface area contributed by atoms with Crippen LogP contribution in [-0.4, -0.2) is 5.97 Å². The van der Waals surface area contributed by atoms with Crippen molar-refractivity contribution in [1.82, 2.24) is 0 Å². The van der Waals surface area contributed by atoms with Gasteiger partial charge in [0.25, 0.3) is 0 Å². The Morgan fingerprint density at radius 2 is 1.50 bits per heavy atom. The van der Waals surface area contributed by atoms with Gasteiger partial charge in [-0.2, -0.15) is 0 Å². The van der Waals surface area contributed by atoms with Gasteiger partial charge in [-0.3, -0.25) is 0 Å². The second-order valence-electron chi connectivity index (χ2n) is 5.08. The summed E-state index contributed by atoms with van der Waals surface area (Å²) in [7, 11) is 0. The second kappa shape index (κ2) is 9.68. The van der Waals surface area contributed by atoms with Crippen LogP contribution in [0, 0.1) is 11.8 Å². The van der Waals surface area contributed by atoms with Gasteiger partial charge in [-0.1, -0.05) is 65.7 Å². The standard InChI is InChI=1S/C14H28O2/c1-4-12(2)10-8-6-5-7-9-11-13(3)14(15)16/h12-13H,4-11H2,1-3H3,(H,15,16)/p-1. The molecule has 2 atom stereocenters. The van der Waals surface area contributed by atoms with Gasteiger partial charge in [-0.15, -0.1) is 0 Å². The lowest BCUT2D eigenvalue weighted by Crippen LogP contribution is -2.29. The Kier molecular flexibility index (Phi) is 9.36. The molecular formula is C14H27O2-. The molecule has 0 spiro atoms. The third-order valence-corrected chi connectivity index (χ3v) is 3.43. The molecule has 0 aromatic rings. The molecule has 0 bridgehead atoms.